The summed E-state index contributed by atoms with van der Waals surface area (Å²) in [6.07, 6.45) is 0. The number of thiazole rings is 1. The number of hydrogen-bond donors (Lipinski definition) is 0. The topological polar surface area (TPSA) is 45.7 Å². The maximum atomic E-state index is 13.1. The van der Waals surface area contributed by atoms with Gasteiger partial charge in [-0.15, -0.1) is 0 Å². The van der Waals surface area contributed by atoms with Crippen molar-refractivity contribution in [3.05, 3.63) is 53.1 Å². The molecule has 7 heteroatoms. The van der Waals surface area contributed by atoms with Gasteiger partial charge in [0.15, 0.2) is 5.13 Å². The minimum atomic E-state index is -0.111. The van der Waals surface area contributed by atoms with Crippen LogP contribution >= 0.6 is 22.9 Å². The molecule has 26 heavy (non-hydrogen) atoms. The molecular weight excluding hydrogens is 370 g/mol. The van der Waals surface area contributed by atoms with Crippen molar-refractivity contribution < 1.29 is 9.53 Å². The fraction of sp³-hybridized carbons (Fsp3) is 0.263. The van der Waals surface area contributed by atoms with Gasteiger partial charge in [-0.3, -0.25) is 9.69 Å². The van der Waals surface area contributed by atoms with E-state index in [-0.39, 0.29) is 5.91 Å². The number of nitrogens with zero attached hydrogens (tertiary/aromatic N) is 3. The molecule has 0 N–H and O–H groups in total. The molecule has 1 heterocycles. The zero-order chi connectivity index (χ0) is 18.7. The van der Waals surface area contributed by atoms with Crippen molar-refractivity contribution in [2.45, 2.75) is 0 Å². The molecule has 3 rings (SSSR count). The van der Waals surface area contributed by atoms with Crippen molar-refractivity contribution in [3.8, 4) is 5.75 Å². The summed E-state index contributed by atoms with van der Waals surface area (Å²) in [7, 11) is 5.59. The van der Waals surface area contributed by atoms with Crippen LogP contribution in [0.1, 0.15) is 10.4 Å². The molecule has 1 amide bonds. The maximum absolute atomic E-state index is 13.1. The molecule has 0 unspecified atom stereocenters. The van der Waals surface area contributed by atoms with Gasteiger partial charge in [-0.1, -0.05) is 29.0 Å². The molecule has 136 valence electrons. The normalized spacial score (nSPS) is 11.1. The number of hydrogen-bond acceptors (Lipinski definition) is 5. The van der Waals surface area contributed by atoms with E-state index < -0.39 is 0 Å². The first-order valence-corrected chi connectivity index (χ1v) is 9.34. The van der Waals surface area contributed by atoms with Crippen molar-refractivity contribution in [1.82, 2.24) is 9.88 Å². The molecule has 0 bridgehead atoms. The third-order valence-corrected chi connectivity index (χ3v) is 5.18. The van der Waals surface area contributed by atoms with Crippen LogP contribution in [0.5, 0.6) is 5.75 Å². The monoisotopic (exact) mass is 389 g/mol. The Morgan fingerprint density at radius 1 is 1.19 bits per heavy atom. The molecule has 0 aliphatic rings. The Morgan fingerprint density at radius 3 is 2.69 bits per heavy atom. The second kappa shape index (κ2) is 8.03. The van der Waals surface area contributed by atoms with E-state index in [0.717, 1.165) is 22.5 Å². The van der Waals surface area contributed by atoms with Gasteiger partial charge >= 0.3 is 0 Å². The summed E-state index contributed by atoms with van der Waals surface area (Å²) in [5.74, 6) is 0.661. The summed E-state index contributed by atoms with van der Waals surface area (Å²) >= 11 is 7.54. The van der Waals surface area contributed by atoms with E-state index >= 15 is 0 Å². The fourth-order valence-corrected chi connectivity index (χ4v) is 3.71. The number of aromatic nitrogens is 1. The summed E-state index contributed by atoms with van der Waals surface area (Å²) in [4.78, 5) is 21.5. The number of methoxy groups -OCH3 is 1. The smallest absolute Gasteiger partial charge is 0.260 e. The highest BCUT2D eigenvalue weighted by atomic mass is 35.5. The summed E-state index contributed by atoms with van der Waals surface area (Å²) in [6.45, 7) is 1.26. The predicted molar refractivity (Wildman–Crippen MR) is 108 cm³/mol. The molecule has 0 radical (unpaired) electrons. The quantitative estimate of drug-likeness (QED) is 0.634. The Balaban J connectivity index is 1.98. The number of fused-ring (bicyclic) bond motifs is 1. The van der Waals surface area contributed by atoms with Crippen LogP contribution < -0.4 is 9.64 Å². The van der Waals surface area contributed by atoms with Crippen molar-refractivity contribution in [2.24, 2.45) is 0 Å². The van der Waals surface area contributed by atoms with Crippen LogP contribution in [0.4, 0.5) is 5.13 Å². The Hall–Kier alpha value is -2.15. The zero-order valence-electron chi connectivity index (χ0n) is 14.9. The van der Waals surface area contributed by atoms with Crippen molar-refractivity contribution in [1.29, 1.82) is 0 Å². The van der Waals surface area contributed by atoms with E-state index in [1.165, 1.54) is 11.3 Å². The number of halogens is 1. The summed E-state index contributed by atoms with van der Waals surface area (Å²) in [6, 6.07) is 12.7. The number of anilines is 1. The van der Waals surface area contributed by atoms with E-state index in [9.17, 15) is 4.79 Å². The molecular formula is C19H20ClN3O2S. The van der Waals surface area contributed by atoms with Gasteiger partial charge in [-0.25, -0.2) is 4.98 Å². The zero-order valence-corrected chi connectivity index (χ0v) is 16.5. The highest BCUT2D eigenvalue weighted by molar-refractivity contribution is 7.22. The molecule has 2 aromatic carbocycles. The van der Waals surface area contributed by atoms with Crippen molar-refractivity contribution in [3.63, 3.8) is 0 Å². The Labute approximate surface area is 161 Å². The van der Waals surface area contributed by atoms with E-state index in [0.29, 0.717) is 22.3 Å². The number of ether oxygens (including phenoxy) is 1. The molecule has 0 saturated heterocycles. The molecule has 0 aliphatic heterocycles. The minimum absolute atomic E-state index is 0.111. The van der Waals surface area contributed by atoms with E-state index in [2.05, 4.69) is 4.98 Å². The highest BCUT2D eigenvalue weighted by Crippen LogP contribution is 2.32. The van der Waals surface area contributed by atoms with Gasteiger partial charge in [0.2, 0.25) is 0 Å². The number of benzene rings is 2. The molecule has 0 saturated carbocycles. The third-order valence-electron chi connectivity index (χ3n) is 3.90. The maximum Gasteiger partial charge on any atom is 0.260 e. The molecule has 3 aromatic rings. The average Bonchev–Trinajstić information content (AvgIpc) is 3.04. The summed E-state index contributed by atoms with van der Waals surface area (Å²) in [5, 5.41) is 1.21. The molecule has 5 nitrogen and oxygen atoms in total. The Bertz CT molecular complexity index is 926. The second-order valence-electron chi connectivity index (χ2n) is 6.10. The van der Waals surface area contributed by atoms with Crippen LogP contribution in [0.15, 0.2) is 42.5 Å². The van der Waals surface area contributed by atoms with Crippen molar-refractivity contribution >= 4 is 44.2 Å². The number of amides is 1. The summed E-state index contributed by atoms with van der Waals surface area (Å²) < 4.78 is 6.26. The van der Waals surface area contributed by atoms with Crippen LogP contribution in [-0.2, 0) is 0 Å². The van der Waals surface area contributed by atoms with Gasteiger partial charge < -0.3 is 9.64 Å². The Morgan fingerprint density at radius 2 is 2.00 bits per heavy atom. The molecule has 0 atom stereocenters. The van der Waals surface area contributed by atoms with Gasteiger partial charge in [0.25, 0.3) is 5.91 Å². The number of likely N-dealkylation sites (N-methyl/N-ethyl adjacent to an activating group) is 1. The van der Waals surface area contributed by atoms with Gasteiger partial charge in [0.05, 0.1) is 17.3 Å². The summed E-state index contributed by atoms with van der Waals surface area (Å²) in [5.41, 5.74) is 1.40. The first kappa shape index (κ1) is 18.6. The number of rotatable bonds is 6. The lowest BCUT2D eigenvalue weighted by molar-refractivity contribution is 0.0985. The Kier molecular flexibility index (Phi) is 5.76. The minimum Gasteiger partial charge on any atom is -0.497 e. The highest BCUT2D eigenvalue weighted by Gasteiger charge is 2.21. The molecule has 0 aliphatic carbocycles. The lowest BCUT2D eigenvalue weighted by atomic mass is 10.2. The average molecular weight is 390 g/mol. The molecule has 0 spiro atoms. The van der Waals surface area contributed by atoms with Crippen LogP contribution in [0.2, 0.25) is 5.02 Å². The first-order chi connectivity index (χ1) is 12.5. The molecule has 0 fully saturated rings. The van der Waals surface area contributed by atoms with Crippen LogP contribution in [0.25, 0.3) is 10.2 Å². The van der Waals surface area contributed by atoms with Crippen LogP contribution in [0.3, 0.4) is 0 Å². The van der Waals surface area contributed by atoms with Crippen LogP contribution in [-0.4, -0.2) is 50.1 Å². The fourth-order valence-electron chi connectivity index (χ4n) is 2.50. The van der Waals surface area contributed by atoms with E-state index in [1.807, 2.05) is 37.2 Å². The number of carbonyl (C=O) groups excluding carboxylic acids is 1. The SMILES string of the molecule is COc1ccc2nc(N(CCN(C)C)C(=O)c3cccc(Cl)c3)sc2c1. The van der Waals surface area contributed by atoms with Crippen molar-refractivity contribution in [2.75, 3.05) is 39.2 Å². The van der Waals surface area contributed by atoms with E-state index in [4.69, 9.17) is 16.3 Å². The predicted octanol–water partition coefficient (Wildman–Crippen LogP) is 4.17. The molecule has 1 aromatic heterocycles. The third kappa shape index (κ3) is 4.15. The van der Waals surface area contributed by atoms with Gasteiger partial charge in [0, 0.05) is 23.7 Å². The van der Waals surface area contributed by atoms with Gasteiger partial charge in [-0.05, 0) is 50.5 Å². The van der Waals surface area contributed by atoms with Crippen LogP contribution in [0, 0.1) is 0 Å². The second-order valence-corrected chi connectivity index (χ2v) is 7.55. The standard InChI is InChI=1S/C19H20ClN3O2S/c1-22(2)9-10-23(18(24)13-5-4-6-14(20)11-13)19-21-16-8-7-15(25-3)12-17(16)26-19/h4-8,11-12H,9-10H2,1-3H3. The lowest BCUT2D eigenvalue weighted by Gasteiger charge is -2.22. The first-order valence-electron chi connectivity index (χ1n) is 8.14. The van der Waals surface area contributed by atoms with Gasteiger partial charge in [0.1, 0.15) is 5.75 Å². The van der Waals surface area contributed by atoms with E-state index in [1.54, 1.807) is 36.3 Å². The number of carbonyl (C=O) groups is 1. The largest absolute Gasteiger partial charge is 0.497 e. The lowest BCUT2D eigenvalue weighted by Crippen LogP contribution is -2.36. The van der Waals surface area contributed by atoms with Gasteiger partial charge in [-0.2, -0.15) is 0 Å².